The highest BCUT2D eigenvalue weighted by molar-refractivity contribution is 7.89. The molecule has 9 nitrogen and oxygen atoms in total. The number of benzene rings is 2. The Balaban J connectivity index is 1.52. The van der Waals surface area contributed by atoms with Crippen molar-refractivity contribution >= 4 is 15.9 Å². The van der Waals surface area contributed by atoms with Crippen LogP contribution in [0.1, 0.15) is 18.4 Å². The van der Waals surface area contributed by atoms with E-state index in [1.54, 1.807) is 44.4 Å². The van der Waals surface area contributed by atoms with Crippen molar-refractivity contribution in [2.75, 3.05) is 41.0 Å². The van der Waals surface area contributed by atoms with E-state index in [2.05, 4.69) is 0 Å². The second kappa shape index (κ2) is 9.48. The van der Waals surface area contributed by atoms with E-state index in [0.29, 0.717) is 55.6 Å². The molecular weight excluding hydrogens is 448 g/mol. The maximum atomic E-state index is 13.4. The van der Waals surface area contributed by atoms with Crippen molar-refractivity contribution in [3.05, 3.63) is 42.0 Å². The Morgan fingerprint density at radius 1 is 1.06 bits per heavy atom. The summed E-state index contributed by atoms with van der Waals surface area (Å²) in [5.41, 5.74) is 0.850. The lowest BCUT2D eigenvalue weighted by Crippen LogP contribution is -2.46. The molecular formula is C23H28N2O7S. The van der Waals surface area contributed by atoms with Crippen molar-refractivity contribution in [2.45, 2.75) is 30.3 Å². The van der Waals surface area contributed by atoms with Crippen LogP contribution < -0.4 is 18.9 Å². The van der Waals surface area contributed by atoms with E-state index in [1.165, 1.54) is 16.4 Å². The summed E-state index contributed by atoms with van der Waals surface area (Å²) < 4.78 is 49.7. The number of amides is 1. The lowest BCUT2D eigenvalue weighted by atomic mass is 10.1. The molecule has 0 N–H and O–H groups in total. The second-order valence-electron chi connectivity index (χ2n) is 7.96. The highest BCUT2D eigenvalue weighted by Gasteiger charge is 2.41. The second-order valence-corrected chi connectivity index (χ2v) is 9.85. The van der Waals surface area contributed by atoms with E-state index in [0.717, 1.165) is 5.56 Å². The van der Waals surface area contributed by atoms with Gasteiger partial charge in [0.25, 0.3) is 0 Å². The molecule has 33 heavy (non-hydrogen) atoms. The third kappa shape index (κ3) is 4.58. The third-order valence-electron chi connectivity index (χ3n) is 5.85. The fraction of sp³-hybridized carbons (Fsp3) is 0.435. The minimum Gasteiger partial charge on any atom is -0.493 e. The smallest absolute Gasteiger partial charge is 0.243 e. The van der Waals surface area contributed by atoms with Gasteiger partial charge < -0.3 is 23.8 Å². The molecule has 1 unspecified atom stereocenters. The summed E-state index contributed by atoms with van der Waals surface area (Å²) in [6.45, 7) is 1.39. The highest BCUT2D eigenvalue weighted by Crippen LogP contribution is 2.35. The van der Waals surface area contributed by atoms with Crippen molar-refractivity contribution in [1.29, 1.82) is 0 Å². The van der Waals surface area contributed by atoms with E-state index in [4.69, 9.17) is 18.9 Å². The Morgan fingerprint density at radius 3 is 2.52 bits per heavy atom. The van der Waals surface area contributed by atoms with Gasteiger partial charge in [-0.1, -0.05) is 6.07 Å². The zero-order chi connectivity index (χ0) is 23.6. The van der Waals surface area contributed by atoms with Gasteiger partial charge in [-0.3, -0.25) is 4.79 Å². The van der Waals surface area contributed by atoms with Crippen LogP contribution in [-0.4, -0.2) is 70.6 Å². The van der Waals surface area contributed by atoms with E-state index in [1.807, 2.05) is 6.07 Å². The number of methoxy groups -OCH3 is 2. The molecule has 0 radical (unpaired) electrons. The lowest BCUT2D eigenvalue weighted by Gasteiger charge is -2.28. The molecule has 2 aliphatic heterocycles. The van der Waals surface area contributed by atoms with Gasteiger partial charge in [0.1, 0.15) is 19.3 Å². The largest absolute Gasteiger partial charge is 0.493 e. The first-order valence-electron chi connectivity index (χ1n) is 10.7. The topological polar surface area (TPSA) is 94.6 Å². The molecule has 0 aromatic heterocycles. The highest BCUT2D eigenvalue weighted by atomic mass is 32.2. The molecule has 4 rings (SSSR count). The number of hydrogen-bond acceptors (Lipinski definition) is 7. The molecule has 0 saturated carbocycles. The number of carbonyl (C=O) groups excluding carboxylic acids is 1. The maximum Gasteiger partial charge on any atom is 0.243 e. The van der Waals surface area contributed by atoms with Crippen LogP contribution in [0, 0.1) is 0 Å². The van der Waals surface area contributed by atoms with Gasteiger partial charge in [0.05, 0.1) is 19.1 Å². The summed E-state index contributed by atoms with van der Waals surface area (Å²) in [5, 5.41) is 0. The first kappa shape index (κ1) is 23.2. The third-order valence-corrected chi connectivity index (χ3v) is 7.76. The van der Waals surface area contributed by atoms with E-state index in [-0.39, 0.29) is 17.3 Å². The van der Waals surface area contributed by atoms with Gasteiger partial charge in [-0.25, -0.2) is 8.42 Å². The summed E-state index contributed by atoms with van der Waals surface area (Å²) in [6, 6.07) is 9.24. The van der Waals surface area contributed by atoms with Gasteiger partial charge in [-0.05, 0) is 42.7 Å². The van der Waals surface area contributed by atoms with Crippen LogP contribution in [-0.2, 0) is 21.4 Å². The minimum atomic E-state index is -3.88. The fourth-order valence-corrected chi connectivity index (χ4v) is 5.85. The van der Waals surface area contributed by atoms with Crippen molar-refractivity contribution in [2.24, 2.45) is 0 Å². The van der Waals surface area contributed by atoms with Crippen LogP contribution in [0.4, 0.5) is 0 Å². The summed E-state index contributed by atoms with van der Waals surface area (Å²) >= 11 is 0. The molecule has 1 amide bonds. The summed E-state index contributed by atoms with van der Waals surface area (Å²) in [4.78, 5) is 14.9. The predicted octanol–water partition coefficient (Wildman–Crippen LogP) is 2.29. The predicted molar refractivity (Wildman–Crippen MR) is 120 cm³/mol. The molecule has 178 valence electrons. The molecule has 1 saturated heterocycles. The number of nitrogens with zero attached hydrogens (tertiary/aromatic N) is 2. The SMILES string of the molecule is COc1ccc(CN(C)C(=O)C2CCCN2S(=O)(=O)c2ccc3c(c2)OCCO3)cc1OC. The van der Waals surface area contributed by atoms with Crippen LogP contribution in [0.15, 0.2) is 41.3 Å². The molecule has 2 aromatic carbocycles. The molecule has 10 heteroatoms. The fourth-order valence-electron chi connectivity index (χ4n) is 4.18. The van der Waals surface area contributed by atoms with E-state index < -0.39 is 16.1 Å². The van der Waals surface area contributed by atoms with Crippen molar-refractivity contribution in [1.82, 2.24) is 9.21 Å². The quantitative estimate of drug-likeness (QED) is 0.605. The van der Waals surface area contributed by atoms with Crippen LogP contribution in [0.3, 0.4) is 0 Å². The van der Waals surface area contributed by atoms with Crippen molar-refractivity contribution in [3.8, 4) is 23.0 Å². The maximum absolute atomic E-state index is 13.4. The monoisotopic (exact) mass is 476 g/mol. The molecule has 0 spiro atoms. The Hall–Kier alpha value is -2.98. The van der Waals surface area contributed by atoms with Gasteiger partial charge in [-0.15, -0.1) is 0 Å². The zero-order valence-corrected chi connectivity index (χ0v) is 19.8. The minimum absolute atomic E-state index is 0.0917. The van der Waals surface area contributed by atoms with Crippen LogP contribution in [0.5, 0.6) is 23.0 Å². The van der Waals surface area contributed by atoms with Gasteiger partial charge in [0.2, 0.25) is 15.9 Å². The number of rotatable bonds is 7. The normalized spacial score (nSPS) is 18.1. The molecule has 2 aromatic rings. The van der Waals surface area contributed by atoms with Crippen LogP contribution in [0.25, 0.3) is 0 Å². The Kier molecular flexibility index (Phi) is 6.66. The van der Waals surface area contributed by atoms with E-state index in [9.17, 15) is 13.2 Å². The number of fused-ring (bicyclic) bond motifs is 1. The number of likely N-dealkylation sites (N-methyl/N-ethyl adjacent to an activating group) is 1. The zero-order valence-electron chi connectivity index (χ0n) is 18.9. The average Bonchev–Trinajstić information content (AvgIpc) is 3.34. The summed E-state index contributed by atoms with van der Waals surface area (Å²) in [7, 11) is 0.905. The average molecular weight is 477 g/mol. The number of hydrogen-bond donors (Lipinski definition) is 0. The lowest BCUT2D eigenvalue weighted by molar-refractivity contribution is -0.133. The van der Waals surface area contributed by atoms with Crippen molar-refractivity contribution < 1.29 is 32.2 Å². The molecule has 1 atom stereocenters. The van der Waals surface area contributed by atoms with Gasteiger partial charge in [0, 0.05) is 26.2 Å². The van der Waals surface area contributed by atoms with Gasteiger partial charge >= 0.3 is 0 Å². The first-order chi connectivity index (χ1) is 15.8. The molecule has 2 aliphatic rings. The van der Waals surface area contributed by atoms with Gasteiger partial charge in [-0.2, -0.15) is 4.31 Å². The Morgan fingerprint density at radius 2 is 1.79 bits per heavy atom. The molecule has 0 bridgehead atoms. The van der Waals surface area contributed by atoms with Crippen molar-refractivity contribution in [3.63, 3.8) is 0 Å². The molecule has 2 heterocycles. The van der Waals surface area contributed by atoms with E-state index >= 15 is 0 Å². The Bertz CT molecular complexity index is 1140. The van der Waals surface area contributed by atoms with Crippen LogP contribution >= 0.6 is 0 Å². The Labute approximate surface area is 193 Å². The summed E-state index contributed by atoms with van der Waals surface area (Å²) in [6.07, 6.45) is 1.09. The number of ether oxygens (including phenoxy) is 4. The summed E-state index contributed by atoms with van der Waals surface area (Å²) in [5.74, 6) is 1.84. The van der Waals surface area contributed by atoms with Gasteiger partial charge in [0.15, 0.2) is 23.0 Å². The standard InChI is InChI=1S/C23H28N2O7S/c1-24(15-16-6-8-19(29-2)21(13-16)30-3)23(26)18-5-4-10-25(18)33(27,28)17-7-9-20-22(14-17)32-12-11-31-20/h6-9,13-14,18H,4-5,10-12,15H2,1-3H3. The molecule has 1 fully saturated rings. The van der Waals surface area contributed by atoms with Crippen LogP contribution in [0.2, 0.25) is 0 Å². The molecule has 0 aliphatic carbocycles. The first-order valence-corrected chi connectivity index (χ1v) is 12.2. The number of sulfonamides is 1. The number of carbonyl (C=O) groups is 1.